The van der Waals surface area contributed by atoms with Gasteiger partial charge in [-0.15, -0.1) is 0 Å². The summed E-state index contributed by atoms with van der Waals surface area (Å²) in [7, 11) is 0. The summed E-state index contributed by atoms with van der Waals surface area (Å²) in [6, 6.07) is 6.64. The first-order valence-electron chi connectivity index (χ1n) is 10.1. The van der Waals surface area contributed by atoms with Gasteiger partial charge in [-0.3, -0.25) is 9.36 Å². The van der Waals surface area contributed by atoms with E-state index in [9.17, 15) is 9.59 Å². The fraction of sp³-hybridized carbons (Fsp3) is 0.238. The molecule has 0 saturated carbocycles. The Kier molecular flexibility index (Phi) is 5.07. The fourth-order valence-corrected chi connectivity index (χ4v) is 3.77. The number of nitrogens with zero attached hydrogens (tertiary/aromatic N) is 6. The predicted molar refractivity (Wildman–Crippen MR) is 118 cm³/mol. The number of H-pyrrole nitrogens is 1. The van der Waals surface area contributed by atoms with Crippen molar-refractivity contribution in [3.63, 3.8) is 0 Å². The molecule has 11 nitrogen and oxygen atoms in total. The third-order valence-corrected chi connectivity index (χ3v) is 5.61. The lowest BCUT2D eigenvalue weighted by Crippen LogP contribution is -2.56. The Morgan fingerprint density at radius 3 is 2.97 bits per heavy atom. The first-order chi connectivity index (χ1) is 15.9. The molecule has 0 spiro atoms. The number of nitrogens with one attached hydrogen (secondary N) is 2. The number of benzene rings is 1. The summed E-state index contributed by atoms with van der Waals surface area (Å²) < 4.78 is 7.14. The molecule has 0 unspecified atom stereocenters. The third kappa shape index (κ3) is 3.81. The van der Waals surface area contributed by atoms with Crippen LogP contribution in [0.15, 0.2) is 36.9 Å². The molecule has 1 saturated heterocycles. The highest BCUT2D eigenvalue weighted by Gasteiger charge is 2.33. The number of rotatable bonds is 4. The maximum absolute atomic E-state index is 12.4. The summed E-state index contributed by atoms with van der Waals surface area (Å²) >= 11 is 6.03. The largest absolute Gasteiger partial charge is 0.413 e. The lowest BCUT2D eigenvalue weighted by molar-refractivity contribution is -0.137. The zero-order valence-electron chi connectivity index (χ0n) is 17.3. The molecule has 33 heavy (non-hydrogen) atoms. The Balaban J connectivity index is 1.33. The van der Waals surface area contributed by atoms with E-state index < -0.39 is 12.1 Å². The Hall–Kier alpha value is -4.17. The number of amides is 2. The summed E-state index contributed by atoms with van der Waals surface area (Å²) in [5.41, 5.74) is 2.27. The standard InChI is InChI=1S/C21H17ClN8O3/c1-11(20(31)29-8-12(5-23)9-29)27-21(32)33-16-6-24-19-18(16)28-17(7-25-19)30-10-26-14-4-13(22)2-3-15(14)30/h2-4,6-7,10-12H,8-9H2,1H3,(H,24,25)(H,27,32)/t11-/m1/s1. The minimum Gasteiger partial charge on any atom is -0.406 e. The first-order valence-corrected chi connectivity index (χ1v) is 10.4. The molecule has 5 rings (SSSR count). The predicted octanol–water partition coefficient (Wildman–Crippen LogP) is 2.41. The van der Waals surface area contributed by atoms with Crippen molar-refractivity contribution in [2.45, 2.75) is 13.0 Å². The zero-order chi connectivity index (χ0) is 23.1. The van der Waals surface area contributed by atoms with Gasteiger partial charge in [0.1, 0.15) is 12.4 Å². The van der Waals surface area contributed by atoms with Crippen LogP contribution in [0.1, 0.15) is 6.92 Å². The van der Waals surface area contributed by atoms with Gasteiger partial charge < -0.3 is 19.9 Å². The van der Waals surface area contributed by atoms with Gasteiger partial charge in [0.15, 0.2) is 22.7 Å². The monoisotopic (exact) mass is 464 g/mol. The quantitative estimate of drug-likeness (QED) is 0.472. The Morgan fingerprint density at radius 2 is 2.18 bits per heavy atom. The van der Waals surface area contributed by atoms with Crippen molar-refractivity contribution in [3.05, 3.63) is 41.9 Å². The Labute approximate surface area is 191 Å². The van der Waals surface area contributed by atoms with Gasteiger partial charge in [-0.2, -0.15) is 5.26 Å². The van der Waals surface area contributed by atoms with Crippen molar-refractivity contribution >= 4 is 45.8 Å². The van der Waals surface area contributed by atoms with E-state index in [1.54, 1.807) is 36.1 Å². The maximum Gasteiger partial charge on any atom is 0.413 e. The average Bonchev–Trinajstić information content (AvgIpc) is 3.36. The van der Waals surface area contributed by atoms with Crippen LogP contribution in [0, 0.1) is 17.2 Å². The summed E-state index contributed by atoms with van der Waals surface area (Å²) in [4.78, 5) is 42.4. The minimum atomic E-state index is -0.802. The number of aromatic nitrogens is 5. The number of imidazole rings is 1. The molecule has 4 aromatic rings. The molecule has 1 aliphatic heterocycles. The molecule has 1 atom stereocenters. The SMILES string of the molecule is C[C@@H](NC(=O)Oc1c[nH]c2ncc(-n3cnc4cc(Cl)ccc43)nc12)C(=O)N1CC(C#N)C1. The average molecular weight is 465 g/mol. The summed E-state index contributed by atoms with van der Waals surface area (Å²) in [5.74, 6) is 0.214. The van der Waals surface area contributed by atoms with Crippen molar-refractivity contribution in [2.24, 2.45) is 5.92 Å². The summed E-state index contributed by atoms with van der Waals surface area (Å²) in [5, 5.41) is 11.9. The number of halogens is 1. The number of carbonyl (C=O) groups excluding carboxylic acids is 2. The molecule has 1 fully saturated rings. The molecule has 0 bridgehead atoms. The topological polar surface area (TPSA) is 142 Å². The van der Waals surface area contributed by atoms with Crippen molar-refractivity contribution in [1.82, 2.24) is 34.7 Å². The highest BCUT2D eigenvalue weighted by Crippen LogP contribution is 2.25. The van der Waals surface area contributed by atoms with Gasteiger partial charge in [0.05, 0.1) is 29.2 Å². The molecule has 0 aliphatic carbocycles. The number of carbonyl (C=O) groups is 2. The van der Waals surface area contributed by atoms with Crippen molar-refractivity contribution in [1.29, 1.82) is 5.26 Å². The van der Waals surface area contributed by atoms with Crippen molar-refractivity contribution in [2.75, 3.05) is 13.1 Å². The van der Waals surface area contributed by atoms with Crippen molar-refractivity contribution in [3.8, 4) is 17.6 Å². The van der Waals surface area contributed by atoms with Crippen LogP contribution in [0.5, 0.6) is 5.75 Å². The third-order valence-electron chi connectivity index (χ3n) is 5.37. The number of likely N-dealkylation sites (tertiary alicyclic amines) is 1. The van der Waals surface area contributed by atoms with Crippen LogP contribution >= 0.6 is 11.6 Å². The van der Waals surface area contributed by atoms with Gasteiger partial charge >= 0.3 is 6.09 Å². The van der Waals surface area contributed by atoms with E-state index in [0.717, 1.165) is 5.52 Å². The molecule has 1 aromatic carbocycles. The van der Waals surface area contributed by atoms with Gasteiger partial charge in [-0.05, 0) is 25.1 Å². The normalized spacial score (nSPS) is 14.6. The summed E-state index contributed by atoms with van der Waals surface area (Å²) in [6.45, 7) is 2.30. The number of ether oxygens (including phenoxy) is 1. The summed E-state index contributed by atoms with van der Waals surface area (Å²) in [6.07, 6.45) is 3.85. The lowest BCUT2D eigenvalue weighted by Gasteiger charge is -2.36. The fourth-order valence-electron chi connectivity index (χ4n) is 3.60. The number of hydrogen-bond donors (Lipinski definition) is 2. The molecule has 2 N–H and O–H groups in total. The van der Waals surface area contributed by atoms with E-state index in [0.29, 0.717) is 40.6 Å². The van der Waals surface area contributed by atoms with E-state index in [2.05, 4.69) is 31.3 Å². The smallest absolute Gasteiger partial charge is 0.406 e. The van der Waals surface area contributed by atoms with E-state index in [4.69, 9.17) is 21.6 Å². The highest BCUT2D eigenvalue weighted by molar-refractivity contribution is 6.31. The second-order valence-electron chi connectivity index (χ2n) is 7.65. The van der Waals surface area contributed by atoms with Crippen LogP contribution in [-0.2, 0) is 4.79 Å². The lowest BCUT2D eigenvalue weighted by atomic mass is 10.0. The molecule has 1 aliphatic rings. The van der Waals surface area contributed by atoms with Crippen molar-refractivity contribution < 1.29 is 14.3 Å². The van der Waals surface area contributed by atoms with Gasteiger partial charge in [0, 0.05) is 24.3 Å². The second kappa shape index (κ2) is 8.07. The van der Waals surface area contributed by atoms with Gasteiger partial charge in [-0.25, -0.2) is 19.7 Å². The van der Waals surface area contributed by atoms with Crippen LogP contribution in [0.2, 0.25) is 5.02 Å². The molecule has 3 aromatic heterocycles. The van der Waals surface area contributed by atoms with Gasteiger partial charge in [0.25, 0.3) is 0 Å². The zero-order valence-corrected chi connectivity index (χ0v) is 18.1. The molecular weight excluding hydrogens is 448 g/mol. The molecule has 0 radical (unpaired) electrons. The number of fused-ring (bicyclic) bond motifs is 2. The maximum atomic E-state index is 12.4. The van der Waals surface area contributed by atoms with E-state index in [-0.39, 0.29) is 17.6 Å². The molecule has 166 valence electrons. The van der Waals surface area contributed by atoms with Crippen LogP contribution < -0.4 is 10.1 Å². The molecular formula is C21H17ClN8O3. The van der Waals surface area contributed by atoms with Gasteiger partial charge in [0.2, 0.25) is 5.91 Å². The van der Waals surface area contributed by atoms with Gasteiger partial charge in [-0.1, -0.05) is 11.6 Å². The number of hydrogen-bond acceptors (Lipinski definition) is 7. The minimum absolute atomic E-state index is 0.156. The first kappa shape index (κ1) is 20.7. The number of aromatic amines is 1. The van der Waals surface area contributed by atoms with E-state index >= 15 is 0 Å². The number of nitriles is 1. The Morgan fingerprint density at radius 1 is 1.36 bits per heavy atom. The van der Waals surface area contributed by atoms with Crippen LogP contribution in [0.25, 0.3) is 28.0 Å². The van der Waals surface area contributed by atoms with Crippen LogP contribution in [0.4, 0.5) is 4.79 Å². The van der Waals surface area contributed by atoms with Crippen LogP contribution in [0.3, 0.4) is 0 Å². The Bertz CT molecular complexity index is 1430. The van der Waals surface area contributed by atoms with E-state index in [1.807, 2.05) is 6.07 Å². The second-order valence-corrected chi connectivity index (χ2v) is 8.09. The molecule has 4 heterocycles. The van der Waals surface area contributed by atoms with E-state index in [1.165, 1.54) is 11.1 Å². The molecule has 2 amide bonds. The highest BCUT2D eigenvalue weighted by atomic mass is 35.5. The molecule has 12 heteroatoms. The van der Waals surface area contributed by atoms with Crippen LogP contribution in [-0.4, -0.2) is 60.5 Å².